The highest BCUT2D eigenvalue weighted by molar-refractivity contribution is 5.89. The van der Waals surface area contributed by atoms with Gasteiger partial charge in [-0.2, -0.15) is 0 Å². The van der Waals surface area contributed by atoms with Gasteiger partial charge in [-0.25, -0.2) is 9.18 Å². The minimum atomic E-state index is -1.23. The summed E-state index contributed by atoms with van der Waals surface area (Å²) < 4.78 is 18.5. The third-order valence-corrected chi connectivity index (χ3v) is 2.98. The van der Waals surface area contributed by atoms with Crippen LogP contribution in [0.1, 0.15) is 21.5 Å². The molecule has 0 aliphatic rings. The number of benzene rings is 2. The van der Waals surface area contributed by atoms with E-state index >= 15 is 0 Å². The zero-order valence-corrected chi connectivity index (χ0v) is 11.5. The molecule has 2 aromatic rings. The Kier molecular flexibility index (Phi) is 4.73. The lowest BCUT2D eigenvalue weighted by Gasteiger charge is -2.09. The van der Waals surface area contributed by atoms with Crippen molar-refractivity contribution < 1.29 is 28.9 Å². The van der Waals surface area contributed by atoms with Crippen molar-refractivity contribution in [2.24, 2.45) is 0 Å². The Morgan fingerprint density at radius 2 is 1.73 bits per heavy atom. The van der Waals surface area contributed by atoms with Crippen LogP contribution in [-0.4, -0.2) is 22.2 Å². The predicted octanol–water partition coefficient (Wildman–Crippen LogP) is 2.73. The fourth-order valence-corrected chi connectivity index (χ4v) is 1.91. The first kappa shape index (κ1) is 15.5. The summed E-state index contributed by atoms with van der Waals surface area (Å²) in [7, 11) is 0. The maximum Gasteiger partial charge on any atom is 0.336 e. The van der Waals surface area contributed by atoms with Crippen molar-refractivity contribution >= 4 is 11.9 Å². The van der Waals surface area contributed by atoms with E-state index in [0.29, 0.717) is 16.9 Å². The standard InChI is InChI=1S/C16H13FO5/c17-12-4-3-11(14(8-12)16(20)21)9-22-13-5-1-10(2-6-13)7-15(18)19/h1-6,8H,7,9H2,(H,18,19)(H,20,21). The number of carboxylic acid groups (broad SMARTS) is 2. The van der Waals surface area contributed by atoms with Crippen molar-refractivity contribution in [3.63, 3.8) is 0 Å². The van der Waals surface area contributed by atoms with Gasteiger partial charge in [0.25, 0.3) is 0 Å². The molecule has 6 heteroatoms. The molecule has 2 rings (SSSR count). The molecule has 0 aromatic heterocycles. The zero-order chi connectivity index (χ0) is 16.1. The third-order valence-electron chi connectivity index (χ3n) is 2.98. The molecule has 0 atom stereocenters. The minimum absolute atomic E-state index is 0.0276. The lowest BCUT2D eigenvalue weighted by molar-refractivity contribution is -0.136. The van der Waals surface area contributed by atoms with Gasteiger partial charge in [0.2, 0.25) is 0 Å². The van der Waals surface area contributed by atoms with Crippen LogP contribution in [0.5, 0.6) is 5.75 Å². The minimum Gasteiger partial charge on any atom is -0.489 e. The topological polar surface area (TPSA) is 83.8 Å². The molecule has 5 nitrogen and oxygen atoms in total. The first-order valence-electron chi connectivity index (χ1n) is 6.41. The van der Waals surface area contributed by atoms with Gasteiger partial charge in [0, 0.05) is 5.56 Å². The second-order valence-electron chi connectivity index (χ2n) is 4.61. The van der Waals surface area contributed by atoms with Crippen LogP contribution in [0.15, 0.2) is 42.5 Å². The Balaban J connectivity index is 2.07. The summed E-state index contributed by atoms with van der Waals surface area (Å²) >= 11 is 0. The van der Waals surface area contributed by atoms with Crippen LogP contribution in [0.3, 0.4) is 0 Å². The number of aliphatic carboxylic acids is 1. The fourth-order valence-electron chi connectivity index (χ4n) is 1.91. The lowest BCUT2D eigenvalue weighted by atomic mass is 10.1. The number of halogens is 1. The van der Waals surface area contributed by atoms with Crippen molar-refractivity contribution in [3.05, 3.63) is 65.0 Å². The van der Waals surface area contributed by atoms with Crippen molar-refractivity contribution in [2.45, 2.75) is 13.0 Å². The summed E-state index contributed by atoms with van der Waals surface area (Å²) in [4.78, 5) is 21.6. The number of ether oxygens (including phenoxy) is 1. The monoisotopic (exact) mass is 304 g/mol. The number of hydrogen-bond acceptors (Lipinski definition) is 3. The lowest BCUT2D eigenvalue weighted by Crippen LogP contribution is -2.06. The molecule has 0 radical (unpaired) electrons. The average molecular weight is 304 g/mol. The summed E-state index contributed by atoms with van der Waals surface area (Å²) in [5.41, 5.74) is 0.832. The Morgan fingerprint density at radius 1 is 1.05 bits per heavy atom. The second-order valence-corrected chi connectivity index (χ2v) is 4.61. The van der Waals surface area contributed by atoms with E-state index in [0.717, 1.165) is 6.07 Å². The van der Waals surface area contributed by atoms with E-state index in [1.165, 1.54) is 12.1 Å². The summed E-state index contributed by atoms with van der Waals surface area (Å²) in [5, 5.41) is 17.7. The summed E-state index contributed by atoms with van der Waals surface area (Å²) in [6.45, 7) is -0.0276. The molecule has 2 N–H and O–H groups in total. The summed E-state index contributed by atoms with van der Waals surface area (Å²) in [6, 6.07) is 9.90. The van der Waals surface area contributed by atoms with E-state index in [2.05, 4.69) is 0 Å². The number of carbonyl (C=O) groups is 2. The van der Waals surface area contributed by atoms with Crippen LogP contribution in [0.25, 0.3) is 0 Å². The molecule has 0 saturated heterocycles. The zero-order valence-electron chi connectivity index (χ0n) is 11.5. The van der Waals surface area contributed by atoms with Gasteiger partial charge in [-0.3, -0.25) is 4.79 Å². The van der Waals surface area contributed by atoms with Gasteiger partial charge < -0.3 is 14.9 Å². The van der Waals surface area contributed by atoms with Crippen LogP contribution in [-0.2, 0) is 17.8 Å². The van der Waals surface area contributed by atoms with Gasteiger partial charge in [0.05, 0.1) is 12.0 Å². The van der Waals surface area contributed by atoms with Gasteiger partial charge in [0.1, 0.15) is 18.2 Å². The van der Waals surface area contributed by atoms with Crippen LogP contribution in [0, 0.1) is 5.82 Å². The first-order valence-corrected chi connectivity index (χ1v) is 6.41. The van der Waals surface area contributed by atoms with E-state index < -0.39 is 17.8 Å². The van der Waals surface area contributed by atoms with Gasteiger partial charge in [0.15, 0.2) is 0 Å². The number of hydrogen-bond donors (Lipinski definition) is 2. The van der Waals surface area contributed by atoms with Crippen molar-refractivity contribution in [1.29, 1.82) is 0 Å². The molecule has 2 aromatic carbocycles. The molecule has 22 heavy (non-hydrogen) atoms. The summed E-state index contributed by atoms with van der Waals surface area (Å²) in [5.74, 6) is -2.31. The van der Waals surface area contributed by atoms with E-state index in [1.54, 1.807) is 24.3 Å². The quantitative estimate of drug-likeness (QED) is 0.857. The Labute approximate surface area is 125 Å². The van der Waals surface area contributed by atoms with E-state index in [-0.39, 0.29) is 18.6 Å². The van der Waals surface area contributed by atoms with Crippen LogP contribution < -0.4 is 4.74 Å². The second kappa shape index (κ2) is 6.71. The van der Waals surface area contributed by atoms with Crippen molar-refractivity contribution in [1.82, 2.24) is 0 Å². The third kappa shape index (κ3) is 4.05. The number of aromatic carboxylic acids is 1. The molecule has 0 aliphatic carbocycles. The van der Waals surface area contributed by atoms with E-state index in [9.17, 15) is 14.0 Å². The molecular formula is C16H13FO5. The fraction of sp³-hybridized carbons (Fsp3) is 0.125. The van der Waals surface area contributed by atoms with Crippen LogP contribution in [0.2, 0.25) is 0 Å². The van der Waals surface area contributed by atoms with Crippen LogP contribution in [0.4, 0.5) is 4.39 Å². The van der Waals surface area contributed by atoms with Gasteiger partial charge in [-0.1, -0.05) is 18.2 Å². The molecule has 0 unspecified atom stereocenters. The smallest absolute Gasteiger partial charge is 0.336 e. The van der Waals surface area contributed by atoms with Crippen LogP contribution >= 0.6 is 0 Å². The molecule has 0 bridgehead atoms. The van der Waals surface area contributed by atoms with Crippen molar-refractivity contribution in [3.8, 4) is 5.75 Å². The summed E-state index contributed by atoms with van der Waals surface area (Å²) in [6.07, 6.45) is -0.0819. The first-order chi connectivity index (χ1) is 10.5. The Morgan fingerprint density at radius 3 is 2.32 bits per heavy atom. The van der Waals surface area contributed by atoms with E-state index in [1.807, 2.05) is 0 Å². The largest absolute Gasteiger partial charge is 0.489 e. The highest BCUT2D eigenvalue weighted by atomic mass is 19.1. The maximum absolute atomic E-state index is 13.1. The predicted molar refractivity (Wildman–Crippen MR) is 75.5 cm³/mol. The normalized spacial score (nSPS) is 10.2. The van der Waals surface area contributed by atoms with E-state index in [4.69, 9.17) is 14.9 Å². The molecule has 0 saturated carbocycles. The Bertz CT molecular complexity index is 694. The van der Waals surface area contributed by atoms with Gasteiger partial charge in [-0.15, -0.1) is 0 Å². The highest BCUT2D eigenvalue weighted by Gasteiger charge is 2.12. The highest BCUT2D eigenvalue weighted by Crippen LogP contribution is 2.17. The number of carboxylic acids is 2. The molecule has 114 valence electrons. The van der Waals surface area contributed by atoms with Gasteiger partial charge in [-0.05, 0) is 29.8 Å². The van der Waals surface area contributed by atoms with Gasteiger partial charge >= 0.3 is 11.9 Å². The maximum atomic E-state index is 13.1. The molecule has 0 spiro atoms. The molecule has 0 heterocycles. The molecule has 0 amide bonds. The number of rotatable bonds is 6. The molecule has 0 fully saturated rings. The average Bonchev–Trinajstić information content (AvgIpc) is 2.46. The molecular weight excluding hydrogens is 291 g/mol. The molecule has 0 aliphatic heterocycles. The SMILES string of the molecule is O=C(O)Cc1ccc(OCc2ccc(F)cc2C(=O)O)cc1. The van der Waals surface area contributed by atoms with Crippen molar-refractivity contribution in [2.75, 3.05) is 0 Å². The Hall–Kier alpha value is -2.89.